The number of carbonyl (C=O) groups excluding carboxylic acids is 1. The summed E-state index contributed by atoms with van der Waals surface area (Å²) in [6.07, 6.45) is 14.0. The fourth-order valence-electron chi connectivity index (χ4n) is 5.27. The van der Waals surface area contributed by atoms with Gasteiger partial charge in [0.1, 0.15) is 23.2 Å². The highest BCUT2D eigenvalue weighted by atomic mass is 16.2. The van der Waals surface area contributed by atoms with Crippen molar-refractivity contribution in [2.24, 2.45) is 0 Å². The number of amides is 1. The van der Waals surface area contributed by atoms with Crippen LogP contribution < -0.4 is 0 Å². The first-order valence-corrected chi connectivity index (χ1v) is 11.7. The molecule has 35 heavy (non-hydrogen) atoms. The fraction of sp³-hybridized carbons (Fsp3) is 0.375. The third kappa shape index (κ3) is 3.72. The third-order valence-corrected chi connectivity index (χ3v) is 7.15. The highest BCUT2D eigenvalue weighted by Gasteiger charge is 2.48. The summed E-state index contributed by atoms with van der Waals surface area (Å²) in [4.78, 5) is 36.9. The van der Waals surface area contributed by atoms with E-state index in [0.717, 1.165) is 48.2 Å². The minimum absolute atomic E-state index is 0.0655. The molecular weight excluding hydrogens is 444 g/mol. The lowest BCUT2D eigenvalue weighted by atomic mass is 9.83. The van der Waals surface area contributed by atoms with Crippen molar-refractivity contribution in [2.75, 3.05) is 26.2 Å². The number of H-pyrrole nitrogens is 1. The van der Waals surface area contributed by atoms with Crippen molar-refractivity contribution in [3.05, 3.63) is 55.3 Å². The van der Waals surface area contributed by atoms with Crippen molar-refractivity contribution < 1.29 is 4.79 Å². The molecule has 1 N–H and O–H groups in total. The van der Waals surface area contributed by atoms with Gasteiger partial charge in [-0.15, -0.1) is 0 Å². The van der Waals surface area contributed by atoms with Gasteiger partial charge in [-0.3, -0.25) is 19.4 Å². The van der Waals surface area contributed by atoms with Crippen LogP contribution in [0, 0.1) is 11.3 Å². The van der Waals surface area contributed by atoms with Crippen molar-refractivity contribution in [3.8, 4) is 17.3 Å². The lowest BCUT2D eigenvalue weighted by Crippen LogP contribution is -2.66. The van der Waals surface area contributed by atoms with E-state index in [4.69, 9.17) is 0 Å². The average Bonchev–Trinajstić information content (AvgIpc) is 3.56. The zero-order chi connectivity index (χ0) is 23.8. The summed E-state index contributed by atoms with van der Waals surface area (Å²) in [5.41, 5.74) is 2.55. The number of nitrogens with zero attached hydrogens (tertiary/aromatic N) is 9. The molecule has 0 radical (unpaired) electrons. The van der Waals surface area contributed by atoms with Gasteiger partial charge in [-0.25, -0.2) is 15.0 Å². The first-order chi connectivity index (χ1) is 17.2. The summed E-state index contributed by atoms with van der Waals surface area (Å²) in [7, 11) is 0. The summed E-state index contributed by atoms with van der Waals surface area (Å²) in [5, 5.41) is 15.2. The molecule has 176 valence electrons. The average molecular weight is 469 g/mol. The van der Waals surface area contributed by atoms with Gasteiger partial charge >= 0.3 is 0 Å². The smallest absolute Gasteiger partial charge is 0.274 e. The lowest BCUT2D eigenvalue weighted by Gasteiger charge is -2.53. The highest BCUT2D eigenvalue weighted by molar-refractivity contribution is 5.92. The van der Waals surface area contributed by atoms with Gasteiger partial charge in [0.2, 0.25) is 0 Å². The molecule has 2 saturated heterocycles. The van der Waals surface area contributed by atoms with Crippen LogP contribution in [0.15, 0.2) is 49.6 Å². The van der Waals surface area contributed by atoms with E-state index in [1.165, 1.54) is 6.20 Å². The number of fused-ring (bicyclic) bond motifs is 1. The second kappa shape index (κ2) is 8.56. The SMILES string of the molecule is N#CCC1(n2cc(-c3ncnc4[nH]ccc34)cn2)CN(C2CCN(C(=O)c3cnccn3)CC2)C1. The normalized spacial score (nSPS) is 18.3. The van der Waals surface area contributed by atoms with Crippen LogP contribution in [0.5, 0.6) is 0 Å². The number of hydrogen-bond acceptors (Lipinski definition) is 8. The molecule has 6 heterocycles. The Hall–Kier alpha value is -4.17. The Kier molecular flexibility index (Phi) is 5.22. The number of rotatable bonds is 5. The van der Waals surface area contributed by atoms with Crippen molar-refractivity contribution in [3.63, 3.8) is 0 Å². The van der Waals surface area contributed by atoms with Gasteiger partial charge in [-0.1, -0.05) is 0 Å². The van der Waals surface area contributed by atoms with Gasteiger partial charge in [0.15, 0.2) is 0 Å². The molecule has 0 aromatic carbocycles. The lowest BCUT2D eigenvalue weighted by molar-refractivity contribution is -0.0412. The van der Waals surface area contributed by atoms with E-state index < -0.39 is 0 Å². The summed E-state index contributed by atoms with van der Waals surface area (Å²) in [6, 6.07) is 4.70. The van der Waals surface area contributed by atoms with E-state index in [2.05, 4.69) is 41.0 Å². The van der Waals surface area contributed by atoms with Crippen molar-refractivity contribution >= 4 is 16.9 Å². The molecule has 2 fully saturated rings. The number of nitrogens with one attached hydrogen (secondary N) is 1. The standard InChI is InChI=1S/C24H24N10O/c25-5-4-24(34-13-17(11-31-34)21-19-1-6-28-22(19)30-16-29-21)14-33(15-24)18-2-9-32(10-3-18)23(35)20-12-26-7-8-27-20/h1,6-8,11-13,16,18H,2-4,9-10,14-15H2,(H,28,29,30). The van der Waals surface area contributed by atoms with Crippen LogP contribution in [0.4, 0.5) is 0 Å². The van der Waals surface area contributed by atoms with E-state index in [1.54, 1.807) is 18.7 Å². The molecule has 4 aromatic rings. The van der Waals surface area contributed by atoms with E-state index in [0.29, 0.717) is 31.2 Å². The summed E-state index contributed by atoms with van der Waals surface area (Å²) in [5.74, 6) is -0.0655. The van der Waals surface area contributed by atoms with Crippen LogP contribution in [-0.4, -0.2) is 82.6 Å². The first-order valence-electron chi connectivity index (χ1n) is 11.7. The van der Waals surface area contributed by atoms with Gasteiger partial charge < -0.3 is 9.88 Å². The number of nitriles is 1. The maximum atomic E-state index is 12.7. The fourth-order valence-corrected chi connectivity index (χ4v) is 5.27. The van der Waals surface area contributed by atoms with Crippen LogP contribution in [0.25, 0.3) is 22.3 Å². The molecule has 0 bridgehead atoms. The molecule has 0 aliphatic carbocycles. The Balaban J connectivity index is 1.13. The molecule has 1 amide bonds. The maximum absolute atomic E-state index is 12.7. The number of aromatic nitrogens is 7. The van der Waals surface area contributed by atoms with Crippen molar-refractivity contribution in [2.45, 2.75) is 30.8 Å². The molecule has 2 aliphatic heterocycles. The summed E-state index contributed by atoms with van der Waals surface area (Å²) >= 11 is 0. The maximum Gasteiger partial charge on any atom is 0.274 e. The minimum Gasteiger partial charge on any atom is -0.346 e. The molecule has 6 rings (SSSR count). The topological polar surface area (TPSA) is 133 Å². The van der Waals surface area contributed by atoms with E-state index in [-0.39, 0.29) is 11.4 Å². The Morgan fingerprint density at radius 2 is 2.03 bits per heavy atom. The van der Waals surface area contributed by atoms with Crippen molar-refractivity contribution in [1.29, 1.82) is 5.26 Å². The highest BCUT2D eigenvalue weighted by Crippen LogP contribution is 2.37. The number of carbonyl (C=O) groups is 1. The molecule has 0 spiro atoms. The molecule has 0 saturated carbocycles. The van der Waals surface area contributed by atoms with Crippen LogP contribution in [-0.2, 0) is 5.54 Å². The molecule has 4 aromatic heterocycles. The molecule has 0 atom stereocenters. The van der Waals surface area contributed by atoms with Crippen LogP contribution >= 0.6 is 0 Å². The molecule has 11 nitrogen and oxygen atoms in total. The Labute approximate surface area is 201 Å². The third-order valence-electron chi connectivity index (χ3n) is 7.15. The Bertz CT molecular complexity index is 1390. The van der Waals surface area contributed by atoms with E-state index in [1.807, 2.05) is 34.2 Å². The quantitative estimate of drug-likeness (QED) is 0.469. The Morgan fingerprint density at radius 3 is 2.80 bits per heavy atom. The van der Waals surface area contributed by atoms with Gasteiger partial charge in [0, 0.05) is 68.0 Å². The van der Waals surface area contributed by atoms with Gasteiger partial charge in [0.25, 0.3) is 5.91 Å². The minimum atomic E-state index is -0.357. The van der Waals surface area contributed by atoms with Gasteiger partial charge in [-0.2, -0.15) is 10.4 Å². The zero-order valence-corrected chi connectivity index (χ0v) is 19.1. The largest absolute Gasteiger partial charge is 0.346 e. The Morgan fingerprint density at radius 1 is 1.17 bits per heavy atom. The molecule has 2 aliphatic rings. The number of hydrogen-bond donors (Lipinski definition) is 1. The summed E-state index contributed by atoms with van der Waals surface area (Å²) < 4.78 is 1.94. The van der Waals surface area contributed by atoms with Gasteiger partial charge in [0.05, 0.1) is 30.6 Å². The van der Waals surface area contributed by atoms with Crippen LogP contribution in [0.3, 0.4) is 0 Å². The van der Waals surface area contributed by atoms with E-state index >= 15 is 0 Å². The second-order valence-electron chi connectivity index (χ2n) is 9.21. The number of likely N-dealkylation sites (tertiary alicyclic amines) is 2. The summed E-state index contributed by atoms with van der Waals surface area (Å²) in [6.45, 7) is 2.89. The monoisotopic (exact) mass is 468 g/mol. The molecule has 0 unspecified atom stereocenters. The predicted octanol–water partition coefficient (Wildman–Crippen LogP) is 1.84. The first kappa shape index (κ1) is 21.4. The second-order valence-corrected chi connectivity index (χ2v) is 9.21. The number of piperidine rings is 1. The van der Waals surface area contributed by atoms with Crippen LogP contribution in [0.2, 0.25) is 0 Å². The predicted molar refractivity (Wildman–Crippen MR) is 126 cm³/mol. The van der Waals surface area contributed by atoms with E-state index in [9.17, 15) is 10.1 Å². The number of aromatic amines is 1. The molecule has 11 heteroatoms. The molecular formula is C24H24N10O. The van der Waals surface area contributed by atoms with Crippen LogP contribution in [0.1, 0.15) is 29.8 Å². The zero-order valence-electron chi connectivity index (χ0n) is 19.1. The van der Waals surface area contributed by atoms with Crippen molar-refractivity contribution in [1.82, 2.24) is 44.5 Å². The van der Waals surface area contributed by atoms with Gasteiger partial charge in [-0.05, 0) is 18.9 Å².